The highest BCUT2D eigenvalue weighted by atomic mass is 19.4. The Morgan fingerprint density at radius 1 is 1.16 bits per heavy atom. The predicted molar refractivity (Wildman–Crippen MR) is 54.5 cm³/mol. The van der Waals surface area contributed by atoms with Crippen LogP contribution in [0.1, 0.15) is 18.9 Å². The van der Waals surface area contributed by atoms with Crippen molar-refractivity contribution >= 4 is 0 Å². The van der Waals surface area contributed by atoms with Crippen LogP contribution < -0.4 is 5.73 Å². The van der Waals surface area contributed by atoms with Crippen LogP contribution in [0.4, 0.5) is 26.3 Å². The largest absolute Gasteiger partial charge is 0.423 e. The molecule has 1 aromatic carbocycles. The van der Waals surface area contributed by atoms with Crippen LogP contribution in [-0.2, 0) is 5.60 Å². The van der Waals surface area contributed by atoms with Gasteiger partial charge in [0.1, 0.15) is 0 Å². The number of rotatable bonds is 3. The van der Waals surface area contributed by atoms with Crippen LogP contribution in [0.3, 0.4) is 0 Å². The van der Waals surface area contributed by atoms with Crippen LogP contribution in [0.25, 0.3) is 0 Å². The lowest BCUT2D eigenvalue weighted by Gasteiger charge is -2.35. The molecule has 0 radical (unpaired) electrons. The Bertz CT molecular complexity index is 475. The van der Waals surface area contributed by atoms with E-state index < -0.39 is 40.8 Å². The van der Waals surface area contributed by atoms with Crippen molar-refractivity contribution in [2.24, 2.45) is 5.73 Å². The summed E-state index contributed by atoms with van der Waals surface area (Å²) in [7, 11) is 0. The first-order chi connectivity index (χ1) is 8.57. The van der Waals surface area contributed by atoms with Crippen LogP contribution in [-0.4, -0.2) is 17.3 Å². The van der Waals surface area contributed by atoms with Crippen molar-refractivity contribution < 1.29 is 31.4 Å². The smallest absolute Gasteiger partial charge is 0.375 e. The molecule has 108 valence electrons. The Morgan fingerprint density at radius 2 is 1.68 bits per heavy atom. The number of alkyl halides is 3. The first-order valence-corrected chi connectivity index (χ1v) is 5.26. The number of benzene rings is 1. The second-order valence-electron chi connectivity index (χ2n) is 4.00. The molecule has 0 heterocycles. The standard InChI is InChI=1S/C11H11F6NO/c1-2-7(18)10(19,11(15,16)17)5-3-4-6(12)9(14)8(5)13/h3-4,7,19H,2,18H2,1H3. The minimum atomic E-state index is -5.34. The molecule has 0 aliphatic rings. The summed E-state index contributed by atoms with van der Waals surface area (Å²) in [6.45, 7) is 1.24. The van der Waals surface area contributed by atoms with Gasteiger partial charge in [-0.1, -0.05) is 6.92 Å². The number of hydrogen-bond donors (Lipinski definition) is 2. The maximum absolute atomic E-state index is 13.5. The summed E-state index contributed by atoms with van der Waals surface area (Å²) in [4.78, 5) is 0. The molecule has 0 spiro atoms. The van der Waals surface area contributed by atoms with Gasteiger partial charge in [0.2, 0.25) is 5.60 Å². The van der Waals surface area contributed by atoms with E-state index in [1.807, 2.05) is 0 Å². The molecule has 2 nitrogen and oxygen atoms in total. The molecule has 0 bridgehead atoms. The van der Waals surface area contributed by atoms with E-state index in [0.29, 0.717) is 12.1 Å². The third kappa shape index (κ3) is 2.42. The highest BCUT2D eigenvalue weighted by Gasteiger charge is 2.59. The fourth-order valence-electron chi connectivity index (χ4n) is 1.68. The molecule has 2 atom stereocenters. The summed E-state index contributed by atoms with van der Waals surface area (Å²) >= 11 is 0. The van der Waals surface area contributed by atoms with Crippen molar-refractivity contribution in [1.82, 2.24) is 0 Å². The Morgan fingerprint density at radius 3 is 2.11 bits per heavy atom. The lowest BCUT2D eigenvalue weighted by Crippen LogP contribution is -2.56. The van der Waals surface area contributed by atoms with Crippen molar-refractivity contribution in [3.63, 3.8) is 0 Å². The third-order valence-electron chi connectivity index (χ3n) is 2.85. The molecular weight excluding hydrogens is 276 g/mol. The average molecular weight is 287 g/mol. The number of nitrogens with two attached hydrogens (primary N) is 1. The Balaban J connectivity index is 3.56. The molecule has 0 aliphatic carbocycles. The van der Waals surface area contributed by atoms with E-state index in [0.717, 1.165) is 0 Å². The van der Waals surface area contributed by atoms with Crippen LogP contribution in [0.15, 0.2) is 12.1 Å². The van der Waals surface area contributed by atoms with Crippen LogP contribution in [0.5, 0.6) is 0 Å². The Hall–Kier alpha value is -1.28. The van der Waals surface area contributed by atoms with E-state index in [9.17, 15) is 31.4 Å². The number of aliphatic hydroxyl groups is 1. The summed E-state index contributed by atoms with van der Waals surface area (Å²) in [5, 5.41) is 9.70. The van der Waals surface area contributed by atoms with E-state index in [2.05, 4.69) is 0 Å². The zero-order chi connectivity index (χ0) is 15.0. The van der Waals surface area contributed by atoms with E-state index in [4.69, 9.17) is 5.73 Å². The zero-order valence-electron chi connectivity index (χ0n) is 9.73. The molecule has 2 unspecified atom stereocenters. The molecular formula is C11H11F6NO. The van der Waals surface area contributed by atoms with Gasteiger partial charge in [0.05, 0.1) is 0 Å². The summed E-state index contributed by atoms with van der Waals surface area (Å²) in [6.07, 6.45) is -5.69. The molecule has 0 aliphatic heterocycles. The summed E-state index contributed by atoms with van der Waals surface area (Å²) in [5.74, 6) is -5.86. The average Bonchev–Trinajstić information content (AvgIpc) is 2.32. The van der Waals surface area contributed by atoms with Crippen molar-refractivity contribution in [2.45, 2.75) is 31.2 Å². The van der Waals surface area contributed by atoms with Gasteiger partial charge in [-0.2, -0.15) is 13.2 Å². The van der Waals surface area contributed by atoms with Gasteiger partial charge in [0, 0.05) is 11.6 Å². The van der Waals surface area contributed by atoms with Crippen LogP contribution >= 0.6 is 0 Å². The Labute approximate surface area is 104 Å². The molecule has 3 N–H and O–H groups in total. The summed E-state index contributed by atoms with van der Waals surface area (Å²) < 4.78 is 78.0. The first kappa shape index (κ1) is 15.8. The van der Waals surface area contributed by atoms with Crippen molar-refractivity contribution in [2.75, 3.05) is 0 Å². The maximum Gasteiger partial charge on any atom is 0.423 e. The Kier molecular flexibility index (Phi) is 4.16. The number of halogens is 6. The van der Waals surface area contributed by atoms with Gasteiger partial charge in [0.15, 0.2) is 17.5 Å². The van der Waals surface area contributed by atoms with E-state index in [-0.39, 0.29) is 6.42 Å². The maximum atomic E-state index is 13.5. The molecule has 0 saturated carbocycles. The molecule has 1 aromatic rings. The van der Waals surface area contributed by atoms with Gasteiger partial charge >= 0.3 is 6.18 Å². The fraction of sp³-hybridized carbons (Fsp3) is 0.455. The minimum absolute atomic E-state index is 0.298. The van der Waals surface area contributed by atoms with Gasteiger partial charge in [-0.25, -0.2) is 13.2 Å². The molecule has 0 amide bonds. The topological polar surface area (TPSA) is 46.2 Å². The van der Waals surface area contributed by atoms with Gasteiger partial charge in [0.25, 0.3) is 0 Å². The highest BCUT2D eigenvalue weighted by Crippen LogP contribution is 2.43. The van der Waals surface area contributed by atoms with E-state index in [1.54, 1.807) is 0 Å². The normalized spacial score (nSPS) is 17.1. The summed E-state index contributed by atoms with van der Waals surface area (Å²) in [6, 6.07) is -1.30. The van der Waals surface area contributed by atoms with E-state index in [1.165, 1.54) is 6.92 Å². The monoisotopic (exact) mass is 287 g/mol. The van der Waals surface area contributed by atoms with Gasteiger partial charge in [-0.3, -0.25) is 0 Å². The SMILES string of the molecule is CCC(N)C(O)(c1ccc(F)c(F)c1F)C(F)(F)F. The third-order valence-corrected chi connectivity index (χ3v) is 2.85. The first-order valence-electron chi connectivity index (χ1n) is 5.26. The highest BCUT2D eigenvalue weighted by molar-refractivity contribution is 5.29. The lowest BCUT2D eigenvalue weighted by molar-refractivity contribution is -0.275. The van der Waals surface area contributed by atoms with Crippen LogP contribution in [0.2, 0.25) is 0 Å². The van der Waals surface area contributed by atoms with E-state index >= 15 is 0 Å². The second-order valence-corrected chi connectivity index (χ2v) is 4.00. The molecule has 0 fully saturated rings. The number of hydrogen-bond acceptors (Lipinski definition) is 2. The minimum Gasteiger partial charge on any atom is -0.375 e. The molecule has 1 rings (SSSR count). The van der Waals surface area contributed by atoms with Crippen molar-refractivity contribution in [1.29, 1.82) is 0 Å². The van der Waals surface area contributed by atoms with Gasteiger partial charge in [-0.05, 0) is 18.6 Å². The summed E-state index contributed by atoms with van der Waals surface area (Å²) in [5.41, 5.74) is -0.0543. The molecule has 0 saturated heterocycles. The zero-order valence-corrected chi connectivity index (χ0v) is 9.73. The molecule has 0 aromatic heterocycles. The van der Waals surface area contributed by atoms with Crippen LogP contribution in [0, 0.1) is 17.5 Å². The van der Waals surface area contributed by atoms with Gasteiger partial charge < -0.3 is 10.8 Å². The fourth-order valence-corrected chi connectivity index (χ4v) is 1.68. The lowest BCUT2D eigenvalue weighted by atomic mass is 9.84. The van der Waals surface area contributed by atoms with Gasteiger partial charge in [-0.15, -0.1) is 0 Å². The van der Waals surface area contributed by atoms with Crippen molar-refractivity contribution in [3.05, 3.63) is 35.1 Å². The molecule has 8 heteroatoms. The second kappa shape index (κ2) is 5.01. The molecule has 19 heavy (non-hydrogen) atoms. The van der Waals surface area contributed by atoms with Crippen molar-refractivity contribution in [3.8, 4) is 0 Å². The predicted octanol–water partition coefficient (Wildman–Crippen LogP) is 2.59. The quantitative estimate of drug-likeness (QED) is 0.663.